The van der Waals surface area contributed by atoms with E-state index in [0.29, 0.717) is 18.6 Å². The van der Waals surface area contributed by atoms with E-state index >= 15 is 0 Å². The topological polar surface area (TPSA) is 50.4 Å². The van der Waals surface area contributed by atoms with Gasteiger partial charge in [0, 0.05) is 17.8 Å². The predicted octanol–water partition coefficient (Wildman–Crippen LogP) is 3.53. The van der Waals surface area contributed by atoms with E-state index in [1.165, 1.54) is 25.7 Å². The van der Waals surface area contributed by atoms with Gasteiger partial charge in [0.25, 0.3) is 0 Å². The van der Waals surface area contributed by atoms with E-state index in [2.05, 4.69) is 17.2 Å². The zero-order valence-electron chi connectivity index (χ0n) is 13.3. The van der Waals surface area contributed by atoms with Crippen LogP contribution in [0.3, 0.4) is 0 Å². The van der Waals surface area contributed by atoms with Crippen molar-refractivity contribution in [2.24, 2.45) is 5.92 Å². The van der Waals surface area contributed by atoms with Crippen LogP contribution in [0.2, 0.25) is 0 Å². The van der Waals surface area contributed by atoms with Crippen LogP contribution in [0.5, 0.6) is 5.75 Å². The van der Waals surface area contributed by atoms with Gasteiger partial charge in [0.05, 0.1) is 6.04 Å². The maximum absolute atomic E-state index is 12.5. The SMILES string of the molecule is C=CCOc1cccc(NC(=O)C2CC3CCCCC3N2)c1.Cl. The largest absolute Gasteiger partial charge is 0.489 e. The summed E-state index contributed by atoms with van der Waals surface area (Å²) in [7, 11) is 0. The lowest BCUT2D eigenvalue weighted by atomic mass is 9.85. The van der Waals surface area contributed by atoms with Gasteiger partial charge in [-0.3, -0.25) is 4.79 Å². The Balaban J connectivity index is 0.00000192. The van der Waals surface area contributed by atoms with Crippen molar-refractivity contribution in [1.82, 2.24) is 5.32 Å². The van der Waals surface area contributed by atoms with E-state index in [4.69, 9.17) is 4.74 Å². The quantitative estimate of drug-likeness (QED) is 0.809. The molecule has 3 unspecified atom stereocenters. The van der Waals surface area contributed by atoms with Gasteiger partial charge in [-0.15, -0.1) is 12.4 Å². The van der Waals surface area contributed by atoms with Crippen molar-refractivity contribution in [3.8, 4) is 5.75 Å². The summed E-state index contributed by atoms with van der Waals surface area (Å²) < 4.78 is 5.50. The van der Waals surface area contributed by atoms with Gasteiger partial charge >= 0.3 is 0 Å². The van der Waals surface area contributed by atoms with Gasteiger partial charge in [0.1, 0.15) is 12.4 Å². The molecule has 0 bridgehead atoms. The maximum atomic E-state index is 12.5. The van der Waals surface area contributed by atoms with Crippen LogP contribution < -0.4 is 15.4 Å². The van der Waals surface area contributed by atoms with Gasteiger partial charge in [-0.25, -0.2) is 0 Å². The van der Waals surface area contributed by atoms with Gasteiger partial charge in [0.15, 0.2) is 0 Å². The number of fused-ring (bicyclic) bond motifs is 1. The van der Waals surface area contributed by atoms with E-state index in [0.717, 1.165) is 17.9 Å². The summed E-state index contributed by atoms with van der Waals surface area (Å²) >= 11 is 0. The smallest absolute Gasteiger partial charge is 0.241 e. The number of rotatable bonds is 5. The van der Waals surface area contributed by atoms with Crippen LogP contribution in [-0.4, -0.2) is 24.6 Å². The second kappa shape index (κ2) is 8.37. The van der Waals surface area contributed by atoms with Crippen molar-refractivity contribution in [2.75, 3.05) is 11.9 Å². The highest BCUT2D eigenvalue weighted by molar-refractivity contribution is 5.95. The van der Waals surface area contributed by atoms with Gasteiger partial charge < -0.3 is 15.4 Å². The molecular formula is C18H25ClN2O2. The first-order valence-corrected chi connectivity index (χ1v) is 8.17. The maximum Gasteiger partial charge on any atom is 0.241 e. The van der Waals surface area contributed by atoms with E-state index in [9.17, 15) is 4.79 Å². The van der Waals surface area contributed by atoms with Gasteiger partial charge in [-0.1, -0.05) is 31.6 Å². The Bertz CT molecular complexity index is 536. The molecule has 1 heterocycles. The summed E-state index contributed by atoms with van der Waals surface area (Å²) in [4.78, 5) is 12.5. The van der Waals surface area contributed by atoms with Crippen molar-refractivity contribution in [3.05, 3.63) is 36.9 Å². The Morgan fingerprint density at radius 3 is 3.00 bits per heavy atom. The molecule has 0 aromatic heterocycles. The number of carbonyl (C=O) groups excluding carboxylic acids is 1. The fourth-order valence-corrected chi connectivity index (χ4v) is 3.57. The first-order chi connectivity index (χ1) is 10.8. The first-order valence-electron chi connectivity index (χ1n) is 8.17. The van der Waals surface area contributed by atoms with Crippen molar-refractivity contribution < 1.29 is 9.53 Å². The lowest BCUT2D eigenvalue weighted by molar-refractivity contribution is -0.117. The zero-order valence-corrected chi connectivity index (χ0v) is 14.1. The summed E-state index contributed by atoms with van der Waals surface area (Å²) in [5, 5.41) is 6.51. The van der Waals surface area contributed by atoms with Gasteiger partial charge in [0.2, 0.25) is 5.91 Å². The Kier molecular flexibility index (Phi) is 6.48. The zero-order chi connectivity index (χ0) is 15.4. The molecule has 3 rings (SSSR count). The summed E-state index contributed by atoms with van der Waals surface area (Å²) in [5.41, 5.74) is 0.781. The lowest BCUT2D eigenvalue weighted by Gasteiger charge is -2.24. The third kappa shape index (κ3) is 4.49. The number of hydrogen-bond acceptors (Lipinski definition) is 3. The van der Waals surface area contributed by atoms with Crippen LogP contribution in [0.1, 0.15) is 32.1 Å². The Morgan fingerprint density at radius 1 is 1.39 bits per heavy atom. The van der Waals surface area contributed by atoms with Crippen molar-refractivity contribution >= 4 is 24.0 Å². The average molecular weight is 337 g/mol. The van der Waals surface area contributed by atoms with Crippen molar-refractivity contribution in [2.45, 2.75) is 44.2 Å². The normalized spacial score (nSPS) is 25.8. The number of anilines is 1. The molecule has 2 N–H and O–H groups in total. The summed E-state index contributed by atoms with van der Waals surface area (Å²) in [6.07, 6.45) is 7.72. The summed E-state index contributed by atoms with van der Waals surface area (Å²) in [5.74, 6) is 1.48. The Hall–Kier alpha value is -1.52. The molecule has 0 radical (unpaired) electrons. The van der Waals surface area contributed by atoms with Crippen LogP contribution in [0, 0.1) is 5.92 Å². The highest BCUT2D eigenvalue weighted by Gasteiger charge is 2.38. The molecule has 1 saturated heterocycles. The molecule has 5 heteroatoms. The molecule has 3 atom stereocenters. The number of ether oxygens (including phenoxy) is 1. The van der Waals surface area contributed by atoms with Crippen LogP contribution in [0.4, 0.5) is 5.69 Å². The molecule has 1 amide bonds. The number of carbonyl (C=O) groups is 1. The van der Waals surface area contributed by atoms with Crippen LogP contribution in [0.25, 0.3) is 0 Å². The predicted molar refractivity (Wildman–Crippen MR) is 95.3 cm³/mol. The minimum absolute atomic E-state index is 0. The molecule has 1 aromatic rings. The monoisotopic (exact) mass is 336 g/mol. The first kappa shape index (κ1) is 17.8. The van der Waals surface area contributed by atoms with Crippen molar-refractivity contribution in [3.63, 3.8) is 0 Å². The van der Waals surface area contributed by atoms with Crippen LogP contribution >= 0.6 is 12.4 Å². The number of nitrogens with one attached hydrogen (secondary N) is 2. The minimum Gasteiger partial charge on any atom is -0.489 e. The molecule has 1 aliphatic carbocycles. The molecule has 2 fully saturated rings. The van der Waals surface area contributed by atoms with Crippen molar-refractivity contribution in [1.29, 1.82) is 0 Å². The molecule has 1 aliphatic heterocycles. The second-order valence-corrected chi connectivity index (χ2v) is 6.22. The highest BCUT2D eigenvalue weighted by atomic mass is 35.5. The molecule has 126 valence electrons. The summed E-state index contributed by atoms with van der Waals surface area (Å²) in [6, 6.07) is 7.97. The molecule has 4 nitrogen and oxygen atoms in total. The molecule has 1 saturated carbocycles. The highest BCUT2D eigenvalue weighted by Crippen LogP contribution is 2.33. The fourth-order valence-electron chi connectivity index (χ4n) is 3.57. The van der Waals surface area contributed by atoms with Crippen LogP contribution in [0.15, 0.2) is 36.9 Å². The third-order valence-electron chi connectivity index (χ3n) is 4.65. The minimum atomic E-state index is -0.0640. The van der Waals surface area contributed by atoms with Crippen LogP contribution in [-0.2, 0) is 4.79 Å². The van der Waals surface area contributed by atoms with E-state index in [-0.39, 0.29) is 24.4 Å². The number of hydrogen-bond donors (Lipinski definition) is 2. The number of benzene rings is 1. The van der Waals surface area contributed by atoms with E-state index < -0.39 is 0 Å². The Labute approximate surface area is 144 Å². The average Bonchev–Trinajstić information content (AvgIpc) is 2.97. The second-order valence-electron chi connectivity index (χ2n) is 6.22. The third-order valence-corrected chi connectivity index (χ3v) is 4.65. The lowest BCUT2D eigenvalue weighted by Crippen LogP contribution is -2.39. The molecule has 2 aliphatic rings. The fraction of sp³-hybridized carbons (Fsp3) is 0.500. The number of amides is 1. The summed E-state index contributed by atoms with van der Waals surface area (Å²) in [6.45, 7) is 4.09. The molecular weight excluding hydrogens is 312 g/mol. The number of halogens is 1. The molecule has 1 aromatic carbocycles. The van der Waals surface area contributed by atoms with Gasteiger partial charge in [-0.2, -0.15) is 0 Å². The molecule has 0 spiro atoms. The Morgan fingerprint density at radius 2 is 2.22 bits per heavy atom. The van der Waals surface area contributed by atoms with E-state index in [1.54, 1.807) is 6.08 Å². The standard InChI is InChI=1S/C18H24N2O2.ClH/c1-2-10-22-15-8-5-7-14(12-15)19-18(21)17-11-13-6-3-4-9-16(13)20-17;/h2,5,7-8,12-13,16-17,20H,1,3-4,6,9-11H2,(H,19,21);1H. The van der Waals surface area contributed by atoms with Gasteiger partial charge in [-0.05, 0) is 37.3 Å². The molecule has 23 heavy (non-hydrogen) atoms. The van der Waals surface area contributed by atoms with E-state index in [1.807, 2.05) is 24.3 Å².